The zero-order chi connectivity index (χ0) is 58.5. The van der Waals surface area contributed by atoms with Gasteiger partial charge >= 0.3 is 17.9 Å². The van der Waals surface area contributed by atoms with Gasteiger partial charge in [0.1, 0.15) is 13.2 Å². The summed E-state index contributed by atoms with van der Waals surface area (Å²) in [6.45, 7) is 6.16. The molecule has 0 rings (SSSR count). The van der Waals surface area contributed by atoms with E-state index in [1.54, 1.807) is 6.08 Å². The summed E-state index contributed by atoms with van der Waals surface area (Å²) in [4.78, 5) is 38.3. The maximum Gasteiger partial charge on any atom is 0.309 e. The Balaban J connectivity index is 4.48. The lowest BCUT2D eigenvalue weighted by Crippen LogP contribution is -2.30. The maximum absolute atomic E-state index is 12.9. The van der Waals surface area contributed by atoms with Crippen molar-refractivity contribution in [1.29, 1.82) is 0 Å². The van der Waals surface area contributed by atoms with Gasteiger partial charge in [0.2, 0.25) is 0 Å². The highest BCUT2D eigenvalue weighted by Gasteiger charge is 2.19. The van der Waals surface area contributed by atoms with Crippen molar-refractivity contribution in [2.45, 2.75) is 245 Å². The Hall–Kier alpha value is -5.75. The van der Waals surface area contributed by atoms with Crippen molar-refractivity contribution in [2.24, 2.45) is 0 Å². The normalized spacial score (nSPS) is 13.5. The van der Waals surface area contributed by atoms with Crippen LogP contribution in [0.15, 0.2) is 194 Å². The molecule has 0 saturated carbocycles. The molecule has 0 bridgehead atoms. The number of ether oxygens (including phenoxy) is 3. The molecule has 0 spiro atoms. The Kier molecular flexibility index (Phi) is 62.0. The first-order valence-electron chi connectivity index (χ1n) is 31.9. The lowest BCUT2D eigenvalue weighted by Gasteiger charge is -2.18. The van der Waals surface area contributed by atoms with E-state index < -0.39 is 12.1 Å². The fourth-order valence-corrected chi connectivity index (χ4v) is 7.96. The van der Waals surface area contributed by atoms with Crippen LogP contribution in [0, 0.1) is 0 Å². The van der Waals surface area contributed by atoms with Crippen molar-refractivity contribution in [2.75, 3.05) is 13.2 Å². The molecule has 6 heteroatoms. The highest BCUT2D eigenvalue weighted by atomic mass is 16.6. The molecule has 0 aliphatic rings. The quantitative estimate of drug-likeness (QED) is 0.0261. The second-order valence-corrected chi connectivity index (χ2v) is 20.2. The summed E-state index contributed by atoms with van der Waals surface area (Å²) in [7, 11) is 0. The van der Waals surface area contributed by atoms with Crippen LogP contribution in [0.3, 0.4) is 0 Å². The maximum atomic E-state index is 12.9. The molecule has 0 saturated heterocycles. The second-order valence-electron chi connectivity index (χ2n) is 20.2. The van der Waals surface area contributed by atoms with E-state index >= 15 is 0 Å². The zero-order valence-corrected chi connectivity index (χ0v) is 51.5. The van der Waals surface area contributed by atoms with Crippen LogP contribution < -0.4 is 0 Å². The standard InChI is InChI=1S/C75H114O6/c1-4-7-10-13-16-19-22-25-28-30-32-33-34-35-36-37-38-39-40-41-43-44-47-50-53-56-59-62-65-68-74(77)80-71-72(70-79-73(76)67-64-61-58-55-52-49-46-27-24-21-18-15-12-9-6-3)81-75(78)69-66-63-60-57-54-51-48-45-42-31-29-26-23-20-17-14-11-8-5-2/h7-12,16-21,25-29,32-33,35-36,38-39,42,45-46,51-52,54-55,61,64,72H,4-6,13-15,22-24,30-31,34,37,40-41,43-44,47-50,53,56-60,62-63,65-71H2,1-3H3/b10-7-,11-8-,12-9-,19-16-,20-17-,21-18-,28-25-,29-26-,33-32-,36-35-,39-38-,45-42-,46-27-,54-51-,55-52-,64-61-. The Morgan fingerprint density at radius 3 is 0.815 bits per heavy atom. The Bertz CT molecular complexity index is 1950. The number of allylic oxidation sites excluding steroid dienone is 31. The minimum atomic E-state index is -0.850. The monoisotopic (exact) mass is 1110 g/mol. The van der Waals surface area contributed by atoms with Gasteiger partial charge in [0.05, 0.1) is 6.42 Å². The fourth-order valence-electron chi connectivity index (χ4n) is 7.96. The summed E-state index contributed by atoms with van der Waals surface area (Å²) < 4.78 is 16.8. The first-order valence-corrected chi connectivity index (χ1v) is 31.9. The molecule has 0 fully saturated rings. The molecule has 450 valence electrons. The van der Waals surface area contributed by atoms with E-state index in [2.05, 4.69) is 203 Å². The number of carbonyl (C=O) groups is 3. The Morgan fingerprint density at radius 1 is 0.259 bits per heavy atom. The van der Waals surface area contributed by atoms with E-state index in [0.717, 1.165) is 148 Å². The van der Waals surface area contributed by atoms with Crippen molar-refractivity contribution in [3.05, 3.63) is 194 Å². The topological polar surface area (TPSA) is 78.9 Å². The molecule has 0 heterocycles. The number of esters is 3. The Morgan fingerprint density at radius 2 is 0.494 bits per heavy atom. The summed E-state index contributed by atoms with van der Waals surface area (Å²) in [5.41, 5.74) is 0. The van der Waals surface area contributed by atoms with Gasteiger partial charge in [0, 0.05) is 12.8 Å². The van der Waals surface area contributed by atoms with Crippen molar-refractivity contribution in [3.63, 3.8) is 0 Å². The van der Waals surface area contributed by atoms with Gasteiger partial charge < -0.3 is 14.2 Å². The van der Waals surface area contributed by atoms with E-state index in [9.17, 15) is 14.4 Å². The van der Waals surface area contributed by atoms with Crippen LogP contribution in [0.5, 0.6) is 0 Å². The average Bonchev–Trinajstić information content (AvgIpc) is 3.47. The third-order valence-corrected chi connectivity index (χ3v) is 12.6. The summed E-state index contributed by atoms with van der Waals surface area (Å²) in [6, 6.07) is 0. The number of hydrogen-bond donors (Lipinski definition) is 0. The first kappa shape index (κ1) is 75.2. The van der Waals surface area contributed by atoms with E-state index in [1.165, 1.54) is 44.9 Å². The van der Waals surface area contributed by atoms with Gasteiger partial charge in [-0.1, -0.05) is 273 Å². The molecule has 6 nitrogen and oxygen atoms in total. The van der Waals surface area contributed by atoms with Crippen LogP contribution in [-0.2, 0) is 28.6 Å². The SMILES string of the molecule is CC/C=C\C/C=C\C/C=C\C/C=C\C/C=C\C/C=C\CCCCCCCCCCCCC(=O)OCC(COC(=O)C/C=C\C/C=C\C/C=C\C/C=C\C/C=C\CC)OC(=O)CCCCC/C=C\C/C=C\C/C=C\C/C=C\C/C=C\CC. The first-order chi connectivity index (χ1) is 40.0. The molecular formula is C75H114O6. The molecular weight excluding hydrogens is 997 g/mol. The van der Waals surface area contributed by atoms with Crippen LogP contribution >= 0.6 is 0 Å². The van der Waals surface area contributed by atoms with Crippen LogP contribution in [0.25, 0.3) is 0 Å². The van der Waals surface area contributed by atoms with Crippen LogP contribution in [0.2, 0.25) is 0 Å². The summed E-state index contributed by atoms with van der Waals surface area (Å²) >= 11 is 0. The smallest absolute Gasteiger partial charge is 0.309 e. The van der Waals surface area contributed by atoms with Crippen molar-refractivity contribution in [1.82, 2.24) is 0 Å². The zero-order valence-electron chi connectivity index (χ0n) is 51.5. The van der Waals surface area contributed by atoms with Gasteiger partial charge in [-0.05, 0) is 141 Å². The predicted octanol–water partition coefficient (Wildman–Crippen LogP) is 22.2. The van der Waals surface area contributed by atoms with Crippen molar-refractivity contribution < 1.29 is 28.6 Å². The van der Waals surface area contributed by atoms with E-state index in [-0.39, 0.29) is 38.0 Å². The van der Waals surface area contributed by atoms with Gasteiger partial charge in [0.25, 0.3) is 0 Å². The molecule has 0 aliphatic heterocycles. The number of carbonyl (C=O) groups excluding carboxylic acids is 3. The van der Waals surface area contributed by atoms with Gasteiger partial charge in [-0.2, -0.15) is 0 Å². The minimum absolute atomic E-state index is 0.109. The largest absolute Gasteiger partial charge is 0.462 e. The molecule has 1 atom stereocenters. The minimum Gasteiger partial charge on any atom is -0.462 e. The summed E-state index contributed by atoms with van der Waals surface area (Å²) in [6.07, 6.45) is 102. The third-order valence-electron chi connectivity index (χ3n) is 12.6. The molecule has 0 aromatic rings. The average molecular weight is 1110 g/mol. The second kappa shape index (κ2) is 66.8. The van der Waals surface area contributed by atoms with Crippen molar-refractivity contribution in [3.8, 4) is 0 Å². The molecule has 0 N–H and O–H groups in total. The molecule has 81 heavy (non-hydrogen) atoms. The van der Waals surface area contributed by atoms with Gasteiger partial charge in [-0.3, -0.25) is 14.4 Å². The van der Waals surface area contributed by atoms with E-state index in [4.69, 9.17) is 14.2 Å². The predicted molar refractivity (Wildman–Crippen MR) is 352 cm³/mol. The summed E-state index contributed by atoms with van der Waals surface area (Å²) in [5.74, 6) is -1.11. The molecule has 0 amide bonds. The van der Waals surface area contributed by atoms with Gasteiger partial charge in [0.15, 0.2) is 6.10 Å². The summed E-state index contributed by atoms with van der Waals surface area (Å²) in [5, 5.41) is 0. The number of hydrogen-bond acceptors (Lipinski definition) is 6. The van der Waals surface area contributed by atoms with Crippen LogP contribution in [0.1, 0.15) is 239 Å². The number of rotatable bonds is 55. The lowest BCUT2D eigenvalue weighted by atomic mass is 10.1. The van der Waals surface area contributed by atoms with Crippen LogP contribution in [0.4, 0.5) is 0 Å². The molecule has 1 unspecified atom stereocenters. The molecule has 0 aromatic carbocycles. The number of unbranched alkanes of at least 4 members (excludes halogenated alkanes) is 13. The lowest BCUT2D eigenvalue weighted by molar-refractivity contribution is -0.166. The van der Waals surface area contributed by atoms with Crippen molar-refractivity contribution >= 4 is 17.9 Å². The molecule has 0 aliphatic carbocycles. The van der Waals surface area contributed by atoms with Gasteiger partial charge in [-0.15, -0.1) is 0 Å². The van der Waals surface area contributed by atoms with Gasteiger partial charge in [-0.25, -0.2) is 0 Å². The molecule has 0 radical (unpaired) electrons. The molecule has 0 aromatic heterocycles. The highest BCUT2D eigenvalue weighted by Crippen LogP contribution is 2.14. The fraction of sp³-hybridized carbons (Fsp3) is 0.533. The van der Waals surface area contributed by atoms with E-state index in [0.29, 0.717) is 12.8 Å². The van der Waals surface area contributed by atoms with Crippen LogP contribution in [-0.4, -0.2) is 37.2 Å². The third kappa shape index (κ3) is 64.9. The Labute approximate surface area is 497 Å². The van der Waals surface area contributed by atoms with E-state index in [1.807, 2.05) is 6.08 Å². The highest BCUT2D eigenvalue weighted by molar-refractivity contribution is 5.72.